The first-order valence-corrected chi connectivity index (χ1v) is 7.31. The van der Waals surface area contributed by atoms with Crippen molar-refractivity contribution in [2.45, 2.75) is 43.7 Å². The first kappa shape index (κ1) is 13.4. The molecule has 4 nitrogen and oxygen atoms in total. The fourth-order valence-corrected chi connectivity index (χ4v) is 3.73. The van der Waals surface area contributed by atoms with E-state index >= 15 is 0 Å². The van der Waals surface area contributed by atoms with Gasteiger partial charge in [-0.3, -0.25) is 4.79 Å². The predicted octanol–water partition coefficient (Wildman–Crippen LogP) is 2.21. The lowest BCUT2D eigenvalue weighted by atomic mass is 9.91. The van der Waals surface area contributed by atoms with Crippen LogP contribution in [0.1, 0.15) is 42.5 Å². The number of aliphatic hydroxyl groups excluding tert-OH is 1. The van der Waals surface area contributed by atoms with Crippen molar-refractivity contribution in [1.29, 1.82) is 0 Å². The van der Waals surface area contributed by atoms with Crippen LogP contribution in [0.5, 0.6) is 5.75 Å². The van der Waals surface area contributed by atoms with Crippen molar-refractivity contribution < 1.29 is 14.6 Å². The third-order valence-corrected chi connectivity index (χ3v) is 4.82. The summed E-state index contributed by atoms with van der Waals surface area (Å²) in [5.41, 5.74) is 0.324. The fraction of sp³-hybridized carbons (Fsp3) is 0.562. The van der Waals surface area contributed by atoms with Gasteiger partial charge in [0.05, 0.1) is 18.8 Å². The number of aliphatic hydroxyl groups is 1. The van der Waals surface area contributed by atoms with E-state index < -0.39 is 0 Å². The lowest BCUT2D eigenvalue weighted by Gasteiger charge is -2.37. The molecule has 1 aromatic carbocycles. The highest BCUT2D eigenvalue weighted by Crippen LogP contribution is 2.44. The molecule has 2 aliphatic rings. The van der Waals surface area contributed by atoms with E-state index in [1.54, 1.807) is 13.2 Å². The Morgan fingerprint density at radius 1 is 1.40 bits per heavy atom. The molecule has 0 aromatic heterocycles. The number of rotatable bonds is 2. The van der Waals surface area contributed by atoms with Gasteiger partial charge in [0.1, 0.15) is 5.75 Å². The Morgan fingerprint density at radius 2 is 2.15 bits per heavy atom. The minimum Gasteiger partial charge on any atom is -0.497 e. The molecule has 1 unspecified atom stereocenters. The van der Waals surface area contributed by atoms with E-state index in [4.69, 9.17) is 4.74 Å². The number of ether oxygens (including phenoxy) is 1. The van der Waals surface area contributed by atoms with E-state index in [1.807, 2.05) is 23.1 Å². The Hall–Kier alpha value is -1.55. The average Bonchev–Trinajstić information content (AvgIpc) is 3.09. The van der Waals surface area contributed by atoms with Gasteiger partial charge in [0.15, 0.2) is 0 Å². The van der Waals surface area contributed by atoms with Crippen LogP contribution in [-0.4, -0.2) is 41.2 Å². The number of methoxy groups -OCH3 is 1. The van der Waals surface area contributed by atoms with Crippen LogP contribution >= 0.6 is 0 Å². The standard InChI is InChI=1S/C16H21NO3/c1-20-13-6-4-5-12(11-13)15(19)17-10-7-14(18)16(17)8-2-3-9-16/h4-6,11,14,18H,2-3,7-10H2,1H3. The van der Waals surface area contributed by atoms with Gasteiger partial charge >= 0.3 is 0 Å². The van der Waals surface area contributed by atoms with Crippen LogP contribution < -0.4 is 4.74 Å². The summed E-state index contributed by atoms with van der Waals surface area (Å²) < 4.78 is 5.19. The molecule has 0 radical (unpaired) electrons. The number of hydrogen-bond donors (Lipinski definition) is 1. The molecule has 1 amide bonds. The second kappa shape index (κ2) is 5.09. The molecule has 1 aliphatic carbocycles. The van der Waals surface area contributed by atoms with E-state index in [9.17, 15) is 9.90 Å². The van der Waals surface area contributed by atoms with Gasteiger partial charge in [0.25, 0.3) is 5.91 Å². The number of hydrogen-bond acceptors (Lipinski definition) is 3. The quantitative estimate of drug-likeness (QED) is 0.900. The summed E-state index contributed by atoms with van der Waals surface area (Å²) in [6.07, 6.45) is 4.35. The van der Waals surface area contributed by atoms with Gasteiger partial charge < -0.3 is 14.7 Å². The third kappa shape index (κ3) is 1.99. The molecule has 3 rings (SSSR count). The first-order valence-electron chi connectivity index (χ1n) is 7.31. The molecular weight excluding hydrogens is 254 g/mol. The van der Waals surface area contributed by atoms with Gasteiger partial charge in [0, 0.05) is 12.1 Å². The zero-order chi connectivity index (χ0) is 14.2. The summed E-state index contributed by atoms with van der Waals surface area (Å²) in [5.74, 6) is 0.707. The Labute approximate surface area is 119 Å². The van der Waals surface area contributed by atoms with Crippen molar-refractivity contribution >= 4 is 5.91 Å². The van der Waals surface area contributed by atoms with Crippen LogP contribution in [0.4, 0.5) is 0 Å². The van der Waals surface area contributed by atoms with Crippen LogP contribution in [-0.2, 0) is 0 Å². The molecule has 20 heavy (non-hydrogen) atoms. The highest BCUT2D eigenvalue weighted by atomic mass is 16.5. The molecule has 1 aromatic rings. The third-order valence-electron chi connectivity index (χ3n) is 4.82. The molecule has 4 heteroatoms. The van der Waals surface area contributed by atoms with E-state index in [0.717, 1.165) is 25.7 Å². The molecule has 1 saturated heterocycles. The molecular formula is C16H21NO3. The molecule has 1 aliphatic heterocycles. The first-order chi connectivity index (χ1) is 9.67. The van der Waals surface area contributed by atoms with Crippen LogP contribution in [0.15, 0.2) is 24.3 Å². The maximum Gasteiger partial charge on any atom is 0.254 e. The topological polar surface area (TPSA) is 49.8 Å². The van der Waals surface area contributed by atoms with E-state index in [0.29, 0.717) is 24.3 Å². The van der Waals surface area contributed by atoms with E-state index in [2.05, 4.69) is 0 Å². The molecule has 0 bridgehead atoms. The highest BCUT2D eigenvalue weighted by Gasteiger charge is 2.51. The van der Waals surface area contributed by atoms with Crippen LogP contribution in [0.25, 0.3) is 0 Å². The number of likely N-dealkylation sites (tertiary alicyclic amines) is 1. The van der Waals surface area contributed by atoms with Gasteiger partial charge in [0.2, 0.25) is 0 Å². The summed E-state index contributed by atoms with van der Waals surface area (Å²) in [7, 11) is 1.60. The summed E-state index contributed by atoms with van der Waals surface area (Å²) in [6.45, 7) is 0.650. The van der Waals surface area contributed by atoms with Crippen LogP contribution in [0.3, 0.4) is 0 Å². The van der Waals surface area contributed by atoms with Crippen molar-refractivity contribution in [3.8, 4) is 5.75 Å². The van der Waals surface area contributed by atoms with Crippen molar-refractivity contribution in [3.63, 3.8) is 0 Å². The Kier molecular flexibility index (Phi) is 3.42. The normalized spacial score (nSPS) is 24.3. The zero-order valence-corrected chi connectivity index (χ0v) is 11.8. The Bertz CT molecular complexity index is 508. The molecule has 1 saturated carbocycles. The van der Waals surface area contributed by atoms with Crippen molar-refractivity contribution in [1.82, 2.24) is 4.90 Å². The maximum absolute atomic E-state index is 12.8. The minimum atomic E-state index is -0.375. The molecule has 1 heterocycles. The second-order valence-electron chi connectivity index (χ2n) is 5.80. The molecule has 1 spiro atoms. The van der Waals surface area contributed by atoms with Gasteiger partial charge in [-0.15, -0.1) is 0 Å². The second-order valence-corrected chi connectivity index (χ2v) is 5.80. The summed E-state index contributed by atoms with van der Waals surface area (Å²) in [4.78, 5) is 14.7. The lowest BCUT2D eigenvalue weighted by molar-refractivity contribution is 0.0260. The molecule has 1 atom stereocenters. The monoisotopic (exact) mass is 275 g/mol. The highest BCUT2D eigenvalue weighted by molar-refractivity contribution is 5.95. The SMILES string of the molecule is COc1cccc(C(=O)N2CCC(O)C23CCCC3)c1. The van der Waals surface area contributed by atoms with Gasteiger partial charge in [-0.05, 0) is 37.5 Å². The molecule has 2 fully saturated rings. The smallest absolute Gasteiger partial charge is 0.254 e. The summed E-state index contributed by atoms with van der Waals surface area (Å²) in [6, 6.07) is 7.26. The number of benzene rings is 1. The van der Waals surface area contributed by atoms with Gasteiger partial charge in [-0.2, -0.15) is 0 Å². The zero-order valence-electron chi connectivity index (χ0n) is 11.8. The van der Waals surface area contributed by atoms with Crippen molar-refractivity contribution in [3.05, 3.63) is 29.8 Å². The van der Waals surface area contributed by atoms with E-state index in [1.165, 1.54) is 0 Å². The van der Waals surface area contributed by atoms with Gasteiger partial charge in [-0.25, -0.2) is 0 Å². The molecule has 1 N–H and O–H groups in total. The number of amides is 1. The minimum absolute atomic E-state index is 0.0161. The lowest BCUT2D eigenvalue weighted by Crippen LogP contribution is -2.50. The summed E-state index contributed by atoms with van der Waals surface area (Å²) in [5, 5.41) is 10.3. The fourth-order valence-electron chi connectivity index (χ4n) is 3.73. The Balaban J connectivity index is 1.89. The largest absolute Gasteiger partial charge is 0.497 e. The van der Waals surface area contributed by atoms with Gasteiger partial charge in [-0.1, -0.05) is 18.9 Å². The predicted molar refractivity (Wildman–Crippen MR) is 75.9 cm³/mol. The van der Waals surface area contributed by atoms with Crippen LogP contribution in [0, 0.1) is 0 Å². The van der Waals surface area contributed by atoms with Crippen molar-refractivity contribution in [2.75, 3.05) is 13.7 Å². The summed E-state index contributed by atoms with van der Waals surface area (Å²) >= 11 is 0. The molecule has 108 valence electrons. The van der Waals surface area contributed by atoms with E-state index in [-0.39, 0.29) is 17.6 Å². The van der Waals surface area contributed by atoms with Crippen LogP contribution in [0.2, 0.25) is 0 Å². The van der Waals surface area contributed by atoms with Crippen molar-refractivity contribution in [2.24, 2.45) is 0 Å². The number of nitrogens with zero attached hydrogens (tertiary/aromatic N) is 1. The number of carbonyl (C=O) groups excluding carboxylic acids is 1. The maximum atomic E-state index is 12.8. The number of carbonyl (C=O) groups is 1. The average molecular weight is 275 g/mol. The Morgan fingerprint density at radius 3 is 2.85 bits per heavy atom.